The maximum absolute atomic E-state index is 12.8. The van der Waals surface area contributed by atoms with E-state index in [0.717, 1.165) is 24.5 Å². The highest BCUT2D eigenvalue weighted by Gasteiger charge is 2.15. The van der Waals surface area contributed by atoms with Crippen LogP contribution < -0.4 is 19.7 Å². The normalized spacial score (nSPS) is 15.4. The molecule has 0 unspecified atom stereocenters. The van der Waals surface area contributed by atoms with Gasteiger partial charge in [-0.05, 0) is 36.4 Å². The smallest absolute Gasteiger partial charge is 0.255 e. The van der Waals surface area contributed by atoms with E-state index in [1.807, 2.05) is 30.3 Å². The first kappa shape index (κ1) is 19.3. The summed E-state index contributed by atoms with van der Waals surface area (Å²) in [6, 6.07) is 16.6. The molecular formula is C23H22N4O4. The molecule has 1 amide bonds. The Morgan fingerprint density at radius 2 is 1.71 bits per heavy atom. The van der Waals surface area contributed by atoms with Crippen LogP contribution in [0.4, 0.5) is 11.5 Å². The number of rotatable bonds is 4. The molecule has 158 valence electrons. The molecule has 0 aliphatic carbocycles. The summed E-state index contributed by atoms with van der Waals surface area (Å²) >= 11 is 0. The van der Waals surface area contributed by atoms with Crippen LogP contribution in [0.2, 0.25) is 0 Å². The van der Waals surface area contributed by atoms with Crippen molar-refractivity contribution in [2.75, 3.05) is 49.7 Å². The van der Waals surface area contributed by atoms with Crippen LogP contribution in [0.5, 0.6) is 11.5 Å². The minimum atomic E-state index is -0.212. The monoisotopic (exact) mass is 418 g/mol. The summed E-state index contributed by atoms with van der Waals surface area (Å²) in [5.41, 5.74) is 2.72. The van der Waals surface area contributed by atoms with E-state index in [1.165, 1.54) is 0 Å². The highest BCUT2D eigenvalue weighted by molar-refractivity contribution is 6.05. The highest BCUT2D eigenvalue weighted by atomic mass is 16.6. The summed E-state index contributed by atoms with van der Waals surface area (Å²) in [7, 11) is 0. The van der Waals surface area contributed by atoms with E-state index >= 15 is 0 Å². The van der Waals surface area contributed by atoms with Crippen LogP contribution in [0.3, 0.4) is 0 Å². The van der Waals surface area contributed by atoms with Gasteiger partial charge in [0.05, 0.1) is 18.9 Å². The molecule has 1 fully saturated rings. The minimum Gasteiger partial charge on any atom is -0.486 e. The number of aromatic nitrogens is 2. The lowest BCUT2D eigenvalue weighted by Crippen LogP contribution is -2.36. The molecule has 0 saturated carbocycles. The number of hydrogen-bond acceptors (Lipinski definition) is 7. The number of carbonyl (C=O) groups is 1. The predicted octanol–water partition coefficient (Wildman–Crippen LogP) is 3.00. The van der Waals surface area contributed by atoms with E-state index in [-0.39, 0.29) is 5.91 Å². The first-order valence-corrected chi connectivity index (χ1v) is 10.2. The lowest BCUT2D eigenvalue weighted by molar-refractivity contribution is 0.102. The Morgan fingerprint density at radius 3 is 2.52 bits per heavy atom. The van der Waals surface area contributed by atoms with Crippen molar-refractivity contribution in [1.29, 1.82) is 0 Å². The number of amides is 1. The average molecular weight is 418 g/mol. The second-order valence-corrected chi connectivity index (χ2v) is 7.27. The third-order valence-electron chi connectivity index (χ3n) is 5.21. The molecule has 5 rings (SSSR count). The summed E-state index contributed by atoms with van der Waals surface area (Å²) in [4.78, 5) is 14.9. The average Bonchev–Trinajstić information content (AvgIpc) is 2.85. The molecule has 1 N–H and O–H groups in total. The topological polar surface area (TPSA) is 85.8 Å². The van der Waals surface area contributed by atoms with Crippen molar-refractivity contribution in [2.45, 2.75) is 0 Å². The Kier molecular flexibility index (Phi) is 5.37. The number of nitrogens with zero attached hydrogens (tertiary/aromatic N) is 3. The van der Waals surface area contributed by atoms with Gasteiger partial charge in [-0.15, -0.1) is 10.2 Å². The maximum atomic E-state index is 12.8. The fourth-order valence-electron chi connectivity index (χ4n) is 3.58. The van der Waals surface area contributed by atoms with E-state index in [0.29, 0.717) is 54.9 Å². The van der Waals surface area contributed by atoms with Gasteiger partial charge in [0.15, 0.2) is 17.3 Å². The molecule has 0 bridgehead atoms. The van der Waals surface area contributed by atoms with Crippen molar-refractivity contribution in [3.8, 4) is 22.8 Å². The van der Waals surface area contributed by atoms with E-state index in [9.17, 15) is 4.79 Å². The lowest BCUT2D eigenvalue weighted by Gasteiger charge is -2.27. The first-order chi connectivity index (χ1) is 15.3. The van der Waals surface area contributed by atoms with Gasteiger partial charge in [-0.25, -0.2) is 0 Å². The van der Waals surface area contributed by atoms with Gasteiger partial charge in [0.2, 0.25) is 0 Å². The van der Waals surface area contributed by atoms with Crippen molar-refractivity contribution >= 4 is 17.4 Å². The van der Waals surface area contributed by atoms with E-state index in [4.69, 9.17) is 14.2 Å². The van der Waals surface area contributed by atoms with Crippen LogP contribution >= 0.6 is 0 Å². The SMILES string of the molecule is O=C(Nc1ccc2c(c1)OCCO2)c1cccc(-c2ccc(N3CCOCC3)nn2)c1. The zero-order chi connectivity index (χ0) is 21.0. The molecule has 3 aromatic rings. The number of benzene rings is 2. The van der Waals surface area contributed by atoms with Gasteiger partial charge in [-0.2, -0.15) is 0 Å². The molecule has 8 heteroatoms. The molecule has 0 spiro atoms. The largest absolute Gasteiger partial charge is 0.486 e. The summed E-state index contributed by atoms with van der Waals surface area (Å²) in [6.07, 6.45) is 0. The lowest BCUT2D eigenvalue weighted by atomic mass is 10.1. The zero-order valence-corrected chi connectivity index (χ0v) is 16.9. The number of anilines is 2. The maximum Gasteiger partial charge on any atom is 0.255 e. The van der Waals surface area contributed by atoms with Gasteiger partial charge >= 0.3 is 0 Å². The molecule has 2 aliphatic heterocycles. The fourth-order valence-corrected chi connectivity index (χ4v) is 3.58. The number of morpholine rings is 1. The van der Waals surface area contributed by atoms with Crippen LogP contribution in [0.25, 0.3) is 11.3 Å². The van der Waals surface area contributed by atoms with Crippen molar-refractivity contribution in [1.82, 2.24) is 10.2 Å². The quantitative estimate of drug-likeness (QED) is 0.697. The van der Waals surface area contributed by atoms with Crippen LogP contribution in [-0.2, 0) is 4.74 Å². The molecule has 2 aromatic carbocycles. The van der Waals surface area contributed by atoms with Crippen molar-refractivity contribution < 1.29 is 19.0 Å². The van der Waals surface area contributed by atoms with E-state index in [1.54, 1.807) is 24.3 Å². The zero-order valence-electron chi connectivity index (χ0n) is 16.9. The number of nitrogens with one attached hydrogen (secondary N) is 1. The van der Waals surface area contributed by atoms with Crippen LogP contribution in [0, 0.1) is 0 Å². The Morgan fingerprint density at radius 1 is 0.871 bits per heavy atom. The van der Waals surface area contributed by atoms with E-state index < -0.39 is 0 Å². The number of hydrogen-bond donors (Lipinski definition) is 1. The Hall–Kier alpha value is -3.65. The molecule has 31 heavy (non-hydrogen) atoms. The fraction of sp³-hybridized carbons (Fsp3) is 0.261. The summed E-state index contributed by atoms with van der Waals surface area (Å²) < 4.78 is 16.5. The Labute approximate surface area is 179 Å². The predicted molar refractivity (Wildman–Crippen MR) is 116 cm³/mol. The molecule has 0 atom stereocenters. The van der Waals surface area contributed by atoms with Gasteiger partial charge in [0, 0.05) is 36.0 Å². The van der Waals surface area contributed by atoms with Crippen molar-refractivity contribution in [3.63, 3.8) is 0 Å². The number of fused-ring (bicyclic) bond motifs is 1. The van der Waals surface area contributed by atoms with Crippen LogP contribution in [0.15, 0.2) is 54.6 Å². The Bertz CT molecular complexity index is 1080. The summed E-state index contributed by atoms with van der Waals surface area (Å²) in [6.45, 7) is 4.04. The standard InChI is InChI=1S/C23H22N4O4/c28-23(24-18-4-6-20-21(15-18)31-13-12-30-20)17-3-1-2-16(14-17)19-5-7-22(26-25-19)27-8-10-29-11-9-27/h1-7,14-15H,8-13H2,(H,24,28). The first-order valence-electron chi connectivity index (χ1n) is 10.2. The third kappa shape index (κ3) is 4.29. The Balaban J connectivity index is 1.31. The van der Waals surface area contributed by atoms with Gasteiger partial charge in [0.1, 0.15) is 13.2 Å². The van der Waals surface area contributed by atoms with Crippen molar-refractivity contribution in [3.05, 3.63) is 60.2 Å². The van der Waals surface area contributed by atoms with Crippen LogP contribution in [0.1, 0.15) is 10.4 Å². The summed E-state index contributed by atoms with van der Waals surface area (Å²) in [5.74, 6) is 1.94. The minimum absolute atomic E-state index is 0.212. The van der Waals surface area contributed by atoms with Crippen LogP contribution in [-0.4, -0.2) is 55.6 Å². The molecular weight excluding hydrogens is 396 g/mol. The van der Waals surface area contributed by atoms with Crippen molar-refractivity contribution in [2.24, 2.45) is 0 Å². The van der Waals surface area contributed by atoms with Gasteiger partial charge in [-0.3, -0.25) is 4.79 Å². The summed E-state index contributed by atoms with van der Waals surface area (Å²) in [5, 5.41) is 11.6. The van der Waals surface area contributed by atoms with Gasteiger partial charge < -0.3 is 24.4 Å². The molecule has 0 radical (unpaired) electrons. The molecule has 2 aliphatic rings. The number of carbonyl (C=O) groups excluding carboxylic acids is 1. The highest BCUT2D eigenvalue weighted by Crippen LogP contribution is 2.32. The second kappa shape index (κ2) is 8.61. The molecule has 1 saturated heterocycles. The second-order valence-electron chi connectivity index (χ2n) is 7.27. The molecule has 8 nitrogen and oxygen atoms in total. The van der Waals surface area contributed by atoms with E-state index in [2.05, 4.69) is 20.4 Å². The van der Waals surface area contributed by atoms with Gasteiger partial charge in [0.25, 0.3) is 5.91 Å². The molecule has 1 aromatic heterocycles. The third-order valence-corrected chi connectivity index (χ3v) is 5.21. The van der Waals surface area contributed by atoms with Gasteiger partial charge in [-0.1, -0.05) is 12.1 Å². The molecule has 3 heterocycles. The number of ether oxygens (including phenoxy) is 3.